The highest BCUT2D eigenvalue weighted by Crippen LogP contribution is 2.33. The third kappa shape index (κ3) is 3.52. The summed E-state index contributed by atoms with van der Waals surface area (Å²) in [6.07, 6.45) is 4.52. The molecule has 4 rings (SSSR count). The second-order valence-corrected chi connectivity index (χ2v) is 8.00. The number of hydrogen-bond acceptors (Lipinski definition) is 5. The average Bonchev–Trinajstić information content (AvgIpc) is 3.34. The van der Waals surface area contributed by atoms with Gasteiger partial charge in [0, 0.05) is 37.1 Å². The summed E-state index contributed by atoms with van der Waals surface area (Å²) in [6.45, 7) is 4.74. The fourth-order valence-electron chi connectivity index (χ4n) is 4.21. The van der Waals surface area contributed by atoms with Gasteiger partial charge in [-0.15, -0.1) is 11.3 Å². The standard InChI is InChI=1S/C18H26N2O3S/c21-17(19-7-1-2-8-19)13-23-16-6-5-15-18(16)22-10-9-20(15)12-14-4-3-11-24-14/h3-4,11,15-16,18H,1-2,5-10,12-13H2/t15-,16+,18+/m0/s1. The van der Waals surface area contributed by atoms with Crippen molar-refractivity contribution in [2.45, 2.75) is 50.5 Å². The number of rotatable bonds is 5. The highest BCUT2D eigenvalue weighted by atomic mass is 32.1. The molecule has 1 aromatic rings. The van der Waals surface area contributed by atoms with Crippen LogP contribution in [0, 0.1) is 0 Å². The molecule has 2 aliphatic heterocycles. The molecule has 0 unspecified atom stereocenters. The zero-order valence-corrected chi connectivity index (χ0v) is 14.9. The zero-order chi connectivity index (χ0) is 16.4. The third-order valence-electron chi connectivity index (χ3n) is 5.47. The lowest BCUT2D eigenvalue weighted by Gasteiger charge is -2.38. The predicted octanol–water partition coefficient (Wildman–Crippen LogP) is 2.12. The Morgan fingerprint density at radius 1 is 1.29 bits per heavy atom. The van der Waals surface area contributed by atoms with Crippen molar-refractivity contribution < 1.29 is 14.3 Å². The molecule has 1 aliphatic carbocycles. The molecule has 0 spiro atoms. The monoisotopic (exact) mass is 350 g/mol. The first-order valence-corrected chi connectivity index (χ1v) is 9.96. The first-order valence-electron chi connectivity index (χ1n) is 9.09. The predicted molar refractivity (Wildman–Crippen MR) is 93.0 cm³/mol. The van der Waals surface area contributed by atoms with E-state index in [0.29, 0.717) is 6.04 Å². The van der Waals surface area contributed by atoms with Crippen molar-refractivity contribution in [1.82, 2.24) is 9.80 Å². The topological polar surface area (TPSA) is 42.0 Å². The number of ether oxygens (including phenoxy) is 2. The maximum Gasteiger partial charge on any atom is 0.248 e. The molecule has 3 heterocycles. The normalized spacial score (nSPS) is 30.7. The summed E-state index contributed by atoms with van der Waals surface area (Å²) in [7, 11) is 0. The number of morpholine rings is 1. The van der Waals surface area contributed by atoms with Gasteiger partial charge in [0.15, 0.2) is 0 Å². The molecule has 3 aliphatic rings. The summed E-state index contributed by atoms with van der Waals surface area (Å²) in [6, 6.07) is 4.74. The van der Waals surface area contributed by atoms with E-state index in [-0.39, 0.29) is 24.7 Å². The van der Waals surface area contributed by atoms with Crippen LogP contribution in [0.1, 0.15) is 30.6 Å². The van der Waals surface area contributed by atoms with Crippen LogP contribution in [0.4, 0.5) is 0 Å². The maximum absolute atomic E-state index is 12.2. The number of amides is 1. The number of thiophene rings is 1. The van der Waals surface area contributed by atoms with Gasteiger partial charge in [-0.25, -0.2) is 0 Å². The second-order valence-electron chi connectivity index (χ2n) is 6.97. The Bertz CT molecular complexity index is 544. The number of fused-ring (bicyclic) bond motifs is 1. The quantitative estimate of drug-likeness (QED) is 0.816. The first kappa shape index (κ1) is 16.5. The van der Waals surface area contributed by atoms with Crippen LogP contribution in [0.15, 0.2) is 17.5 Å². The molecular formula is C18H26N2O3S. The van der Waals surface area contributed by atoms with Crippen molar-refractivity contribution in [2.24, 2.45) is 0 Å². The van der Waals surface area contributed by atoms with E-state index in [1.165, 1.54) is 4.88 Å². The number of carbonyl (C=O) groups excluding carboxylic acids is 1. The summed E-state index contributed by atoms with van der Waals surface area (Å²) >= 11 is 1.82. The zero-order valence-electron chi connectivity index (χ0n) is 14.1. The van der Waals surface area contributed by atoms with Gasteiger partial charge in [0.25, 0.3) is 0 Å². The van der Waals surface area contributed by atoms with Crippen LogP contribution >= 0.6 is 11.3 Å². The Kier molecular flexibility index (Phi) is 5.17. The minimum atomic E-state index is 0.0627. The van der Waals surface area contributed by atoms with Crippen molar-refractivity contribution in [3.63, 3.8) is 0 Å². The maximum atomic E-state index is 12.2. The highest BCUT2D eigenvalue weighted by Gasteiger charge is 2.43. The van der Waals surface area contributed by atoms with Crippen molar-refractivity contribution in [1.29, 1.82) is 0 Å². The SMILES string of the molecule is O=C(CO[C@@H]1CC[C@H]2[C@H]1OCCN2Cc1cccs1)N1CCCC1. The van der Waals surface area contributed by atoms with E-state index in [1.807, 2.05) is 16.2 Å². The molecule has 3 atom stereocenters. The van der Waals surface area contributed by atoms with E-state index in [4.69, 9.17) is 9.47 Å². The molecule has 1 saturated carbocycles. The lowest BCUT2D eigenvalue weighted by molar-refractivity contribution is -0.145. The van der Waals surface area contributed by atoms with E-state index in [0.717, 1.165) is 58.5 Å². The molecule has 6 heteroatoms. The number of carbonyl (C=O) groups is 1. The molecule has 0 radical (unpaired) electrons. The molecule has 2 saturated heterocycles. The third-order valence-corrected chi connectivity index (χ3v) is 6.33. The summed E-state index contributed by atoms with van der Waals surface area (Å²) in [5.74, 6) is 0.141. The molecule has 0 aromatic carbocycles. The largest absolute Gasteiger partial charge is 0.373 e. The van der Waals surface area contributed by atoms with Crippen molar-refractivity contribution in [2.75, 3.05) is 32.8 Å². The van der Waals surface area contributed by atoms with E-state index in [2.05, 4.69) is 22.4 Å². The van der Waals surface area contributed by atoms with Crippen LogP contribution in [0.2, 0.25) is 0 Å². The van der Waals surface area contributed by atoms with E-state index in [9.17, 15) is 4.79 Å². The van der Waals surface area contributed by atoms with Crippen LogP contribution in [0.5, 0.6) is 0 Å². The molecule has 24 heavy (non-hydrogen) atoms. The van der Waals surface area contributed by atoms with Crippen molar-refractivity contribution >= 4 is 17.2 Å². The Labute approximate surface area is 147 Å². The van der Waals surface area contributed by atoms with Crippen molar-refractivity contribution in [3.8, 4) is 0 Å². The summed E-state index contributed by atoms with van der Waals surface area (Å²) in [4.78, 5) is 18.1. The van der Waals surface area contributed by atoms with E-state index < -0.39 is 0 Å². The van der Waals surface area contributed by atoms with E-state index >= 15 is 0 Å². The van der Waals surface area contributed by atoms with Crippen molar-refractivity contribution in [3.05, 3.63) is 22.4 Å². The van der Waals surface area contributed by atoms with Crippen LogP contribution in [-0.4, -0.2) is 66.8 Å². The smallest absolute Gasteiger partial charge is 0.248 e. The van der Waals surface area contributed by atoms with Gasteiger partial charge in [-0.3, -0.25) is 9.69 Å². The molecule has 0 bridgehead atoms. The first-order chi connectivity index (χ1) is 11.8. The van der Waals surface area contributed by atoms with Gasteiger partial charge < -0.3 is 14.4 Å². The Morgan fingerprint density at radius 2 is 2.17 bits per heavy atom. The number of hydrogen-bond donors (Lipinski definition) is 0. The van der Waals surface area contributed by atoms with Gasteiger partial charge in [0.05, 0.1) is 18.8 Å². The molecule has 0 N–H and O–H groups in total. The van der Waals surface area contributed by atoms with Gasteiger partial charge in [0.2, 0.25) is 5.91 Å². The van der Waals surface area contributed by atoms with Gasteiger partial charge in [-0.1, -0.05) is 6.07 Å². The van der Waals surface area contributed by atoms with Gasteiger partial charge in [-0.05, 0) is 37.1 Å². The molecule has 1 aromatic heterocycles. The van der Waals surface area contributed by atoms with Gasteiger partial charge in [-0.2, -0.15) is 0 Å². The molecular weight excluding hydrogens is 324 g/mol. The van der Waals surface area contributed by atoms with Crippen LogP contribution in [0.25, 0.3) is 0 Å². The van der Waals surface area contributed by atoms with Crippen LogP contribution in [0.3, 0.4) is 0 Å². The number of likely N-dealkylation sites (tertiary alicyclic amines) is 1. The fraction of sp³-hybridized carbons (Fsp3) is 0.722. The van der Waals surface area contributed by atoms with Crippen LogP contribution in [-0.2, 0) is 20.8 Å². The summed E-state index contributed by atoms with van der Waals surface area (Å²) in [5, 5.41) is 2.14. The fourth-order valence-corrected chi connectivity index (χ4v) is 4.93. The second kappa shape index (κ2) is 7.52. The Morgan fingerprint density at radius 3 is 2.96 bits per heavy atom. The Balaban J connectivity index is 1.31. The lowest BCUT2D eigenvalue weighted by atomic mass is 10.1. The lowest BCUT2D eigenvalue weighted by Crippen LogP contribution is -2.51. The summed E-state index contributed by atoms with van der Waals surface area (Å²) in [5.41, 5.74) is 0. The molecule has 5 nitrogen and oxygen atoms in total. The minimum absolute atomic E-state index is 0.0627. The molecule has 1 amide bonds. The Hall–Kier alpha value is -0.950. The van der Waals surface area contributed by atoms with Gasteiger partial charge in [0.1, 0.15) is 6.61 Å². The molecule has 132 valence electrons. The molecule has 3 fully saturated rings. The highest BCUT2D eigenvalue weighted by molar-refractivity contribution is 7.09. The summed E-state index contributed by atoms with van der Waals surface area (Å²) < 4.78 is 12.0. The van der Waals surface area contributed by atoms with Gasteiger partial charge >= 0.3 is 0 Å². The number of nitrogens with zero attached hydrogens (tertiary/aromatic N) is 2. The minimum Gasteiger partial charge on any atom is -0.373 e. The average molecular weight is 350 g/mol. The van der Waals surface area contributed by atoms with E-state index in [1.54, 1.807) is 0 Å². The van der Waals surface area contributed by atoms with Crippen LogP contribution < -0.4 is 0 Å².